The second kappa shape index (κ2) is 7.27. The SMILES string of the molecule is Cc1ccc(C)c(S(=O)(=O)NCCCn2nc(C(F)(F)F)cc2C2CC2)c1. The summed E-state index contributed by atoms with van der Waals surface area (Å²) in [6.07, 6.45) is -2.40. The summed E-state index contributed by atoms with van der Waals surface area (Å²) in [7, 11) is -3.66. The standard InChI is InChI=1S/C18H22F3N3O2S/c1-12-4-5-13(2)16(10-12)27(25,26)22-8-3-9-24-15(14-6-7-14)11-17(23-24)18(19,20)21/h4-5,10-11,14,22H,3,6-9H2,1-2H3. The van der Waals surface area contributed by atoms with Crippen molar-refractivity contribution in [3.63, 3.8) is 0 Å². The van der Waals surface area contributed by atoms with E-state index in [1.165, 1.54) is 4.68 Å². The summed E-state index contributed by atoms with van der Waals surface area (Å²) in [6.45, 7) is 3.89. The molecule has 0 saturated heterocycles. The second-order valence-electron chi connectivity index (χ2n) is 6.97. The van der Waals surface area contributed by atoms with Crippen molar-refractivity contribution in [2.75, 3.05) is 6.54 Å². The summed E-state index contributed by atoms with van der Waals surface area (Å²) in [4.78, 5) is 0.222. The number of nitrogens with one attached hydrogen (secondary N) is 1. The molecule has 5 nitrogen and oxygen atoms in total. The molecule has 1 aliphatic carbocycles. The van der Waals surface area contributed by atoms with Crippen LogP contribution in [0.15, 0.2) is 29.2 Å². The summed E-state index contributed by atoms with van der Waals surface area (Å²) in [6, 6.07) is 6.29. The Balaban J connectivity index is 1.63. The summed E-state index contributed by atoms with van der Waals surface area (Å²) < 4.78 is 67.5. The molecule has 3 rings (SSSR count). The van der Waals surface area contributed by atoms with Crippen molar-refractivity contribution < 1.29 is 21.6 Å². The first-order valence-corrected chi connectivity index (χ1v) is 10.3. The molecule has 148 valence electrons. The number of alkyl halides is 3. The number of halogens is 3. The zero-order valence-electron chi connectivity index (χ0n) is 15.2. The van der Waals surface area contributed by atoms with Crippen LogP contribution in [0.2, 0.25) is 0 Å². The number of hydrogen-bond donors (Lipinski definition) is 1. The molecule has 2 aromatic rings. The van der Waals surface area contributed by atoms with Crippen LogP contribution in [-0.4, -0.2) is 24.7 Å². The van der Waals surface area contributed by atoms with Crippen molar-refractivity contribution in [3.8, 4) is 0 Å². The average Bonchev–Trinajstić information content (AvgIpc) is 3.32. The molecule has 0 amide bonds. The molecule has 1 N–H and O–H groups in total. The number of nitrogens with zero attached hydrogens (tertiary/aromatic N) is 2. The molecule has 1 aromatic carbocycles. The molecule has 1 aromatic heterocycles. The maximum atomic E-state index is 12.9. The average molecular weight is 401 g/mol. The number of rotatable bonds is 7. The summed E-state index contributed by atoms with van der Waals surface area (Å²) >= 11 is 0. The van der Waals surface area contributed by atoms with Gasteiger partial charge in [0.25, 0.3) is 0 Å². The van der Waals surface area contributed by atoms with E-state index in [2.05, 4.69) is 9.82 Å². The van der Waals surface area contributed by atoms with Gasteiger partial charge < -0.3 is 0 Å². The molecular weight excluding hydrogens is 379 g/mol. The molecule has 1 fully saturated rings. The third kappa shape index (κ3) is 4.70. The Labute approximate surface area is 156 Å². The van der Waals surface area contributed by atoms with Crippen LogP contribution in [0.5, 0.6) is 0 Å². The van der Waals surface area contributed by atoms with Crippen LogP contribution in [0, 0.1) is 13.8 Å². The molecule has 1 heterocycles. The molecule has 0 spiro atoms. The highest BCUT2D eigenvalue weighted by Crippen LogP contribution is 2.42. The predicted molar refractivity (Wildman–Crippen MR) is 94.9 cm³/mol. The largest absolute Gasteiger partial charge is 0.435 e. The van der Waals surface area contributed by atoms with Gasteiger partial charge in [0, 0.05) is 24.7 Å². The molecule has 0 unspecified atom stereocenters. The predicted octanol–water partition coefficient (Wildman–Crippen LogP) is 3.76. The lowest BCUT2D eigenvalue weighted by molar-refractivity contribution is -0.141. The van der Waals surface area contributed by atoms with Gasteiger partial charge in [0.2, 0.25) is 10.0 Å². The Kier molecular flexibility index (Phi) is 5.36. The van der Waals surface area contributed by atoms with Crippen LogP contribution in [0.1, 0.15) is 47.7 Å². The Bertz CT molecular complexity index is 932. The first-order valence-electron chi connectivity index (χ1n) is 8.80. The molecule has 0 aliphatic heterocycles. The number of hydrogen-bond acceptors (Lipinski definition) is 3. The van der Waals surface area contributed by atoms with Crippen molar-refractivity contribution in [2.24, 2.45) is 0 Å². The topological polar surface area (TPSA) is 64.0 Å². The molecular formula is C18H22F3N3O2S. The van der Waals surface area contributed by atoms with E-state index in [-0.39, 0.29) is 23.9 Å². The molecule has 0 radical (unpaired) electrons. The van der Waals surface area contributed by atoms with Gasteiger partial charge in [-0.25, -0.2) is 13.1 Å². The van der Waals surface area contributed by atoms with Crippen LogP contribution < -0.4 is 4.72 Å². The smallest absolute Gasteiger partial charge is 0.269 e. The van der Waals surface area contributed by atoms with Crippen molar-refractivity contribution in [1.29, 1.82) is 0 Å². The van der Waals surface area contributed by atoms with Crippen LogP contribution in [0.3, 0.4) is 0 Å². The van der Waals surface area contributed by atoms with Gasteiger partial charge in [0.1, 0.15) is 0 Å². The van der Waals surface area contributed by atoms with Crippen LogP contribution in [0.25, 0.3) is 0 Å². The lowest BCUT2D eigenvalue weighted by Gasteiger charge is -2.11. The highest BCUT2D eigenvalue weighted by atomic mass is 32.2. The zero-order valence-corrected chi connectivity index (χ0v) is 16.0. The quantitative estimate of drug-likeness (QED) is 0.719. The van der Waals surface area contributed by atoms with E-state index in [9.17, 15) is 21.6 Å². The van der Waals surface area contributed by atoms with E-state index in [0.717, 1.165) is 24.5 Å². The number of aryl methyl sites for hydroxylation is 3. The highest BCUT2D eigenvalue weighted by Gasteiger charge is 2.37. The lowest BCUT2D eigenvalue weighted by atomic mass is 10.2. The van der Waals surface area contributed by atoms with Gasteiger partial charge in [-0.1, -0.05) is 12.1 Å². The first kappa shape index (κ1) is 19.9. The minimum Gasteiger partial charge on any atom is -0.269 e. The van der Waals surface area contributed by atoms with Gasteiger partial charge in [0.05, 0.1) is 4.90 Å². The van der Waals surface area contributed by atoms with Gasteiger partial charge in [-0.2, -0.15) is 18.3 Å². The van der Waals surface area contributed by atoms with Crippen molar-refractivity contribution in [2.45, 2.75) is 56.6 Å². The van der Waals surface area contributed by atoms with Crippen molar-refractivity contribution in [1.82, 2.24) is 14.5 Å². The fourth-order valence-electron chi connectivity index (χ4n) is 2.97. The Morgan fingerprint density at radius 2 is 1.93 bits per heavy atom. The molecule has 0 atom stereocenters. The lowest BCUT2D eigenvalue weighted by Crippen LogP contribution is -2.26. The fraction of sp³-hybridized carbons (Fsp3) is 0.500. The van der Waals surface area contributed by atoms with Crippen LogP contribution in [-0.2, 0) is 22.7 Å². The van der Waals surface area contributed by atoms with Crippen LogP contribution in [0.4, 0.5) is 13.2 Å². The third-order valence-electron chi connectivity index (χ3n) is 4.57. The molecule has 1 saturated carbocycles. The van der Waals surface area contributed by atoms with Gasteiger partial charge in [-0.15, -0.1) is 0 Å². The monoisotopic (exact) mass is 401 g/mol. The molecule has 9 heteroatoms. The number of aromatic nitrogens is 2. The first-order chi connectivity index (χ1) is 12.6. The van der Waals surface area contributed by atoms with Gasteiger partial charge in [-0.3, -0.25) is 4.68 Å². The van der Waals surface area contributed by atoms with E-state index in [0.29, 0.717) is 17.7 Å². The minimum atomic E-state index is -4.47. The van der Waals surface area contributed by atoms with E-state index < -0.39 is 21.9 Å². The van der Waals surface area contributed by atoms with Crippen LogP contribution >= 0.6 is 0 Å². The van der Waals surface area contributed by atoms with Gasteiger partial charge in [-0.05, 0) is 56.4 Å². The molecule has 0 bridgehead atoms. The maximum Gasteiger partial charge on any atom is 0.435 e. The fourth-order valence-corrected chi connectivity index (χ4v) is 4.37. The van der Waals surface area contributed by atoms with E-state index in [4.69, 9.17) is 0 Å². The Morgan fingerprint density at radius 1 is 1.22 bits per heavy atom. The normalized spacial score (nSPS) is 15.3. The third-order valence-corrected chi connectivity index (χ3v) is 6.17. The molecule has 27 heavy (non-hydrogen) atoms. The summed E-state index contributed by atoms with van der Waals surface area (Å²) in [5.41, 5.74) is 1.18. The number of benzene rings is 1. The zero-order chi connectivity index (χ0) is 19.8. The Morgan fingerprint density at radius 3 is 2.56 bits per heavy atom. The second-order valence-corrected chi connectivity index (χ2v) is 8.71. The van der Waals surface area contributed by atoms with E-state index in [1.807, 2.05) is 13.0 Å². The van der Waals surface area contributed by atoms with Gasteiger partial charge in [0.15, 0.2) is 5.69 Å². The minimum absolute atomic E-state index is 0.125. The Hall–Kier alpha value is -1.87. The van der Waals surface area contributed by atoms with E-state index >= 15 is 0 Å². The molecule has 1 aliphatic rings. The summed E-state index contributed by atoms with van der Waals surface area (Å²) in [5.74, 6) is 0.125. The number of sulfonamides is 1. The van der Waals surface area contributed by atoms with Crippen molar-refractivity contribution >= 4 is 10.0 Å². The maximum absolute atomic E-state index is 12.9. The van der Waals surface area contributed by atoms with Crippen molar-refractivity contribution in [3.05, 3.63) is 46.8 Å². The van der Waals surface area contributed by atoms with E-state index in [1.54, 1.807) is 19.1 Å². The van der Waals surface area contributed by atoms with Gasteiger partial charge >= 0.3 is 6.18 Å². The highest BCUT2D eigenvalue weighted by molar-refractivity contribution is 7.89. The summed E-state index contributed by atoms with van der Waals surface area (Å²) in [5, 5.41) is 3.68.